The molecule has 6 heteroatoms. The molecule has 1 fully saturated rings. The molecular formula is C23H27N3O3. The van der Waals surface area contributed by atoms with Crippen LogP contribution in [-0.4, -0.2) is 60.9 Å². The first-order chi connectivity index (χ1) is 14.2. The summed E-state index contributed by atoms with van der Waals surface area (Å²) in [5.41, 5.74) is 1.75. The summed E-state index contributed by atoms with van der Waals surface area (Å²) in [6, 6.07) is 17.2. The van der Waals surface area contributed by atoms with Gasteiger partial charge in [-0.1, -0.05) is 36.4 Å². The van der Waals surface area contributed by atoms with E-state index in [4.69, 9.17) is 4.74 Å². The van der Waals surface area contributed by atoms with Crippen molar-refractivity contribution in [2.24, 2.45) is 0 Å². The lowest BCUT2D eigenvalue weighted by Gasteiger charge is -2.34. The number of carbonyl (C=O) groups is 2. The van der Waals surface area contributed by atoms with Gasteiger partial charge in [0.2, 0.25) is 5.91 Å². The highest BCUT2D eigenvalue weighted by Gasteiger charge is 2.23. The third kappa shape index (κ3) is 6.19. The van der Waals surface area contributed by atoms with Gasteiger partial charge in [-0.15, -0.1) is 6.58 Å². The number of hydrogen-bond donors (Lipinski definition) is 1. The highest BCUT2D eigenvalue weighted by atomic mass is 16.5. The zero-order valence-electron chi connectivity index (χ0n) is 16.5. The number of carbonyl (C=O) groups excluding carboxylic acids is 2. The van der Waals surface area contributed by atoms with Gasteiger partial charge in [0.25, 0.3) is 5.91 Å². The van der Waals surface area contributed by atoms with E-state index < -0.39 is 0 Å². The summed E-state index contributed by atoms with van der Waals surface area (Å²) in [5, 5.41) is 2.77. The molecule has 0 spiro atoms. The Labute approximate surface area is 171 Å². The summed E-state index contributed by atoms with van der Waals surface area (Å²) in [5.74, 6) is 0.729. The van der Waals surface area contributed by atoms with Crippen LogP contribution in [0.4, 0.5) is 0 Å². The van der Waals surface area contributed by atoms with E-state index in [1.54, 1.807) is 18.2 Å². The van der Waals surface area contributed by atoms with Gasteiger partial charge in [-0.2, -0.15) is 0 Å². The predicted molar refractivity (Wildman–Crippen MR) is 113 cm³/mol. The average Bonchev–Trinajstić information content (AvgIpc) is 2.77. The van der Waals surface area contributed by atoms with Gasteiger partial charge in [-0.3, -0.25) is 14.5 Å². The Bertz CT molecular complexity index is 813. The zero-order valence-corrected chi connectivity index (χ0v) is 16.5. The molecule has 0 aliphatic carbocycles. The fraction of sp³-hybridized carbons (Fsp3) is 0.304. The Kier molecular flexibility index (Phi) is 7.41. The molecule has 2 aromatic carbocycles. The summed E-state index contributed by atoms with van der Waals surface area (Å²) in [6.07, 6.45) is 1.66. The van der Waals surface area contributed by atoms with Crippen LogP contribution in [-0.2, 0) is 11.4 Å². The molecule has 0 aromatic heterocycles. The van der Waals surface area contributed by atoms with Gasteiger partial charge in [0, 0.05) is 38.3 Å². The maximum absolute atomic E-state index is 12.7. The van der Waals surface area contributed by atoms with Gasteiger partial charge in [0.05, 0.1) is 6.54 Å². The monoisotopic (exact) mass is 393 g/mol. The van der Waals surface area contributed by atoms with Crippen molar-refractivity contribution in [3.63, 3.8) is 0 Å². The van der Waals surface area contributed by atoms with Crippen LogP contribution in [0.1, 0.15) is 15.9 Å². The van der Waals surface area contributed by atoms with Gasteiger partial charge >= 0.3 is 0 Å². The van der Waals surface area contributed by atoms with Crippen LogP contribution in [0.2, 0.25) is 0 Å². The number of nitrogens with one attached hydrogen (secondary N) is 1. The lowest BCUT2D eigenvalue weighted by Crippen LogP contribution is -2.51. The van der Waals surface area contributed by atoms with Gasteiger partial charge in [-0.25, -0.2) is 0 Å². The van der Waals surface area contributed by atoms with E-state index in [-0.39, 0.29) is 11.8 Å². The van der Waals surface area contributed by atoms with Crippen LogP contribution in [0, 0.1) is 0 Å². The summed E-state index contributed by atoms with van der Waals surface area (Å²) in [6.45, 7) is 7.50. The zero-order chi connectivity index (χ0) is 20.5. The number of ether oxygens (including phenoxy) is 1. The molecule has 1 heterocycles. The van der Waals surface area contributed by atoms with E-state index in [1.807, 2.05) is 47.4 Å². The average molecular weight is 393 g/mol. The van der Waals surface area contributed by atoms with Crippen molar-refractivity contribution in [2.45, 2.75) is 6.61 Å². The molecule has 2 aromatic rings. The van der Waals surface area contributed by atoms with Crippen molar-refractivity contribution < 1.29 is 14.3 Å². The minimum absolute atomic E-state index is 0.00960. The Hall–Kier alpha value is -3.12. The van der Waals surface area contributed by atoms with E-state index >= 15 is 0 Å². The van der Waals surface area contributed by atoms with Gasteiger partial charge in [0.15, 0.2) is 0 Å². The second kappa shape index (κ2) is 10.4. The van der Waals surface area contributed by atoms with Crippen LogP contribution >= 0.6 is 0 Å². The molecule has 0 unspecified atom stereocenters. The highest BCUT2D eigenvalue weighted by Crippen LogP contribution is 2.16. The first-order valence-corrected chi connectivity index (χ1v) is 9.82. The minimum Gasteiger partial charge on any atom is -0.489 e. The highest BCUT2D eigenvalue weighted by molar-refractivity contribution is 5.94. The molecule has 0 bridgehead atoms. The van der Waals surface area contributed by atoms with Crippen molar-refractivity contribution in [1.29, 1.82) is 0 Å². The Balaban J connectivity index is 1.46. The molecule has 0 atom stereocenters. The molecule has 6 nitrogen and oxygen atoms in total. The summed E-state index contributed by atoms with van der Waals surface area (Å²) in [4.78, 5) is 28.4. The van der Waals surface area contributed by atoms with Crippen LogP contribution in [0.3, 0.4) is 0 Å². The molecule has 3 rings (SSSR count). The predicted octanol–water partition coefficient (Wildman–Crippen LogP) is 2.33. The molecule has 152 valence electrons. The van der Waals surface area contributed by atoms with Crippen LogP contribution in [0.15, 0.2) is 67.3 Å². The molecule has 2 amide bonds. The summed E-state index contributed by atoms with van der Waals surface area (Å²) >= 11 is 0. The fourth-order valence-corrected chi connectivity index (χ4v) is 3.17. The number of rotatable bonds is 8. The van der Waals surface area contributed by atoms with Crippen molar-refractivity contribution in [1.82, 2.24) is 15.1 Å². The first-order valence-electron chi connectivity index (χ1n) is 9.82. The molecule has 1 aliphatic rings. The SMILES string of the molecule is C=CCNC(=O)CN1CCN(C(=O)c2ccc(OCc3ccccc3)cc2)CC1. The smallest absolute Gasteiger partial charge is 0.253 e. The number of amides is 2. The van der Waals surface area contributed by atoms with Crippen LogP contribution in [0.5, 0.6) is 5.75 Å². The second-order valence-electron chi connectivity index (χ2n) is 6.96. The maximum Gasteiger partial charge on any atom is 0.253 e. The Morgan fingerprint density at radius 1 is 1.00 bits per heavy atom. The number of hydrogen-bond acceptors (Lipinski definition) is 4. The van der Waals surface area contributed by atoms with E-state index in [0.29, 0.717) is 51.4 Å². The van der Waals surface area contributed by atoms with Crippen molar-refractivity contribution >= 4 is 11.8 Å². The van der Waals surface area contributed by atoms with Gasteiger partial charge in [-0.05, 0) is 29.8 Å². The molecule has 1 saturated heterocycles. The molecule has 29 heavy (non-hydrogen) atoms. The quantitative estimate of drug-likeness (QED) is 0.700. The molecule has 1 aliphatic heterocycles. The van der Waals surface area contributed by atoms with E-state index in [2.05, 4.69) is 16.8 Å². The number of benzene rings is 2. The molecular weight excluding hydrogens is 366 g/mol. The first kappa shape index (κ1) is 20.6. The largest absolute Gasteiger partial charge is 0.489 e. The normalized spacial score (nSPS) is 14.3. The fourth-order valence-electron chi connectivity index (χ4n) is 3.17. The van der Waals surface area contributed by atoms with E-state index in [9.17, 15) is 9.59 Å². The third-order valence-electron chi connectivity index (χ3n) is 4.82. The van der Waals surface area contributed by atoms with Crippen LogP contribution in [0.25, 0.3) is 0 Å². The standard InChI is InChI=1S/C23H27N3O3/c1-2-12-24-22(27)17-25-13-15-26(16-14-25)23(28)20-8-10-21(11-9-20)29-18-19-6-4-3-5-7-19/h2-11H,1,12-18H2,(H,24,27). The van der Waals surface area contributed by atoms with Crippen molar-refractivity contribution in [2.75, 3.05) is 39.3 Å². The summed E-state index contributed by atoms with van der Waals surface area (Å²) < 4.78 is 5.78. The van der Waals surface area contributed by atoms with E-state index in [0.717, 1.165) is 11.3 Å². The lowest BCUT2D eigenvalue weighted by molar-refractivity contribution is -0.122. The van der Waals surface area contributed by atoms with Crippen LogP contribution < -0.4 is 10.1 Å². The van der Waals surface area contributed by atoms with E-state index in [1.165, 1.54) is 0 Å². The number of nitrogens with zero attached hydrogens (tertiary/aromatic N) is 2. The summed E-state index contributed by atoms with van der Waals surface area (Å²) in [7, 11) is 0. The lowest BCUT2D eigenvalue weighted by atomic mass is 10.1. The van der Waals surface area contributed by atoms with Crippen molar-refractivity contribution in [3.8, 4) is 5.75 Å². The van der Waals surface area contributed by atoms with Crippen molar-refractivity contribution in [3.05, 3.63) is 78.4 Å². The Morgan fingerprint density at radius 2 is 1.69 bits per heavy atom. The second-order valence-corrected chi connectivity index (χ2v) is 6.96. The number of piperazine rings is 1. The minimum atomic E-state index is -0.0178. The maximum atomic E-state index is 12.7. The Morgan fingerprint density at radius 3 is 2.34 bits per heavy atom. The third-order valence-corrected chi connectivity index (χ3v) is 4.82. The van der Waals surface area contributed by atoms with Gasteiger partial charge < -0.3 is 15.0 Å². The molecule has 0 saturated carbocycles. The molecule has 0 radical (unpaired) electrons. The van der Waals surface area contributed by atoms with Gasteiger partial charge in [0.1, 0.15) is 12.4 Å². The topological polar surface area (TPSA) is 61.9 Å². The molecule has 1 N–H and O–H groups in total.